The Hall–Kier alpha value is -0.490. The first-order valence-corrected chi connectivity index (χ1v) is 8.76. The van der Waals surface area contributed by atoms with E-state index in [2.05, 4.69) is 32.0 Å². The van der Waals surface area contributed by atoms with E-state index in [0.29, 0.717) is 0 Å². The number of rotatable bonds is 2. The Morgan fingerprint density at radius 2 is 1.55 bits per heavy atom. The largest absolute Gasteiger partial charge is 0.117 e. The second-order valence-corrected chi connectivity index (χ2v) is 8.24. The number of aryl methyl sites for hydroxylation is 2. The van der Waals surface area contributed by atoms with Crippen LogP contribution in [0, 0.1) is 43.4 Å². The van der Waals surface area contributed by atoms with Crippen LogP contribution in [0.4, 0.5) is 0 Å². The minimum absolute atomic E-state index is 0.241. The van der Waals surface area contributed by atoms with Gasteiger partial charge in [0.2, 0.25) is 0 Å². The molecule has 0 spiro atoms. The molecular formula is C19H25Cl. The predicted octanol–water partition coefficient (Wildman–Crippen LogP) is 5.66. The average molecular weight is 289 g/mol. The highest BCUT2D eigenvalue weighted by atomic mass is 35.5. The minimum atomic E-state index is 0.241. The molecule has 0 N–H and O–H groups in total. The van der Waals surface area contributed by atoms with Crippen molar-refractivity contribution < 1.29 is 0 Å². The van der Waals surface area contributed by atoms with Gasteiger partial charge >= 0.3 is 0 Å². The van der Waals surface area contributed by atoms with E-state index in [-0.39, 0.29) is 5.38 Å². The van der Waals surface area contributed by atoms with E-state index in [9.17, 15) is 0 Å². The third kappa shape index (κ3) is 2.03. The third-order valence-corrected chi connectivity index (χ3v) is 6.89. The zero-order valence-electron chi connectivity index (χ0n) is 12.6. The van der Waals surface area contributed by atoms with E-state index in [1.54, 1.807) is 0 Å². The topological polar surface area (TPSA) is 0 Å². The standard InChI is InChI=1S/C19H25Cl/c1-11-3-4-17(12(2)5-11)19(20)18-15-7-13-6-14(9-15)10-16(18)8-13/h3-5,13-16,18-19H,6-10H2,1-2H3. The highest BCUT2D eigenvalue weighted by Crippen LogP contribution is 2.60. The van der Waals surface area contributed by atoms with Crippen LogP contribution in [-0.2, 0) is 0 Å². The first-order valence-electron chi connectivity index (χ1n) is 8.33. The first kappa shape index (κ1) is 13.2. The van der Waals surface area contributed by atoms with Gasteiger partial charge in [0.05, 0.1) is 5.38 Å². The summed E-state index contributed by atoms with van der Waals surface area (Å²) in [6.45, 7) is 4.40. The zero-order chi connectivity index (χ0) is 13.9. The summed E-state index contributed by atoms with van der Waals surface area (Å²) < 4.78 is 0. The molecule has 0 amide bonds. The lowest BCUT2D eigenvalue weighted by Gasteiger charge is -2.55. The Bertz CT molecular complexity index is 490. The van der Waals surface area contributed by atoms with Gasteiger partial charge in [-0.05, 0) is 86.7 Å². The molecule has 0 radical (unpaired) electrons. The summed E-state index contributed by atoms with van der Waals surface area (Å²) in [4.78, 5) is 0. The lowest BCUT2D eigenvalue weighted by atomic mass is 9.51. The van der Waals surface area contributed by atoms with Crippen LogP contribution < -0.4 is 0 Å². The molecule has 20 heavy (non-hydrogen) atoms. The second kappa shape index (κ2) is 4.77. The molecule has 4 bridgehead atoms. The van der Waals surface area contributed by atoms with Gasteiger partial charge in [0.15, 0.2) is 0 Å². The van der Waals surface area contributed by atoms with Gasteiger partial charge in [-0.1, -0.05) is 23.8 Å². The van der Waals surface area contributed by atoms with Gasteiger partial charge in [-0.3, -0.25) is 0 Å². The van der Waals surface area contributed by atoms with E-state index in [0.717, 1.165) is 29.6 Å². The molecule has 1 aromatic rings. The molecule has 5 rings (SSSR count). The molecule has 1 aromatic carbocycles. The van der Waals surface area contributed by atoms with Crippen molar-refractivity contribution in [3.8, 4) is 0 Å². The molecule has 0 aliphatic heterocycles. The molecule has 4 saturated carbocycles. The van der Waals surface area contributed by atoms with Crippen LogP contribution in [0.15, 0.2) is 18.2 Å². The maximum atomic E-state index is 7.01. The highest BCUT2D eigenvalue weighted by molar-refractivity contribution is 6.21. The number of halogens is 1. The van der Waals surface area contributed by atoms with E-state index in [4.69, 9.17) is 11.6 Å². The number of hydrogen-bond donors (Lipinski definition) is 0. The van der Waals surface area contributed by atoms with Crippen LogP contribution in [-0.4, -0.2) is 0 Å². The molecule has 1 heteroatoms. The summed E-state index contributed by atoms with van der Waals surface area (Å²) in [5.74, 6) is 4.64. The van der Waals surface area contributed by atoms with Crippen molar-refractivity contribution in [3.63, 3.8) is 0 Å². The average Bonchev–Trinajstić information content (AvgIpc) is 2.37. The van der Waals surface area contributed by atoms with Crippen molar-refractivity contribution in [3.05, 3.63) is 34.9 Å². The van der Waals surface area contributed by atoms with Crippen molar-refractivity contribution in [1.82, 2.24) is 0 Å². The summed E-state index contributed by atoms with van der Waals surface area (Å²) in [6, 6.07) is 6.81. The maximum absolute atomic E-state index is 7.01. The second-order valence-electron chi connectivity index (χ2n) is 7.77. The smallest absolute Gasteiger partial charge is 0.0621 e. The SMILES string of the molecule is Cc1ccc(C(Cl)C2C3CC4CC(C3)CC2C4)c(C)c1. The molecule has 0 nitrogen and oxygen atoms in total. The lowest BCUT2D eigenvalue weighted by Crippen LogP contribution is -2.46. The van der Waals surface area contributed by atoms with Gasteiger partial charge in [0.25, 0.3) is 0 Å². The normalized spacial score (nSPS) is 40.0. The number of alkyl halides is 1. The summed E-state index contributed by atoms with van der Waals surface area (Å²) in [5.41, 5.74) is 4.13. The quantitative estimate of drug-likeness (QED) is 0.616. The van der Waals surface area contributed by atoms with E-state index >= 15 is 0 Å². The van der Waals surface area contributed by atoms with Crippen molar-refractivity contribution >= 4 is 11.6 Å². The molecular weight excluding hydrogens is 264 g/mol. The molecule has 108 valence electrons. The van der Waals surface area contributed by atoms with E-state index in [1.807, 2.05) is 0 Å². The molecule has 1 unspecified atom stereocenters. The fraction of sp³-hybridized carbons (Fsp3) is 0.684. The Kier molecular flexibility index (Phi) is 3.14. The van der Waals surface area contributed by atoms with Crippen molar-refractivity contribution in [2.24, 2.45) is 29.6 Å². The van der Waals surface area contributed by atoms with Crippen LogP contribution in [0.3, 0.4) is 0 Å². The van der Waals surface area contributed by atoms with Crippen molar-refractivity contribution in [2.45, 2.75) is 51.3 Å². The molecule has 0 heterocycles. The maximum Gasteiger partial charge on any atom is 0.0621 e. The summed E-state index contributed by atoms with van der Waals surface area (Å²) in [7, 11) is 0. The number of benzene rings is 1. The van der Waals surface area contributed by atoms with Gasteiger partial charge in [-0.25, -0.2) is 0 Å². The first-order chi connectivity index (χ1) is 9.61. The summed E-state index contributed by atoms with van der Waals surface area (Å²) in [6.07, 6.45) is 7.38. The molecule has 4 aliphatic carbocycles. The minimum Gasteiger partial charge on any atom is -0.117 e. The van der Waals surface area contributed by atoms with Gasteiger partial charge < -0.3 is 0 Å². The fourth-order valence-corrected chi connectivity index (χ4v) is 6.44. The molecule has 4 fully saturated rings. The lowest BCUT2D eigenvalue weighted by molar-refractivity contribution is -0.0381. The predicted molar refractivity (Wildman–Crippen MR) is 85.0 cm³/mol. The van der Waals surface area contributed by atoms with Crippen molar-refractivity contribution in [2.75, 3.05) is 0 Å². The van der Waals surface area contributed by atoms with Gasteiger partial charge in [0, 0.05) is 0 Å². The Morgan fingerprint density at radius 3 is 2.10 bits per heavy atom. The molecule has 0 saturated heterocycles. The number of hydrogen-bond acceptors (Lipinski definition) is 0. The molecule has 4 aliphatic rings. The van der Waals surface area contributed by atoms with Crippen molar-refractivity contribution in [1.29, 1.82) is 0 Å². The molecule has 0 aromatic heterocycles. The Labute approximate surface area is 127 Å². The highest BCUT2D eigenvalue weighted by Gasteiger charge is 2.50. The zero-order valence-corrected chi connectivity index (χ0v) is 13.4. The fourth-order valence-electron chi connectivity index (χ4n) is 5.79. The molecule has 1 atom stereocenters. The summed E-state index contributed by atoms with van der Waals surface area (Å²) in [5, 5.41) is 0.241. The van der Waals surface area contributed by atoms with E-state index in [1.165, 1.54) is 48.8 Å². The van der Waals surface area contributed by atoms with Crippen LogP contribution in [0.2, 0.25) is 0 Å². The van der Waals surface area contributed by atoms with Crippen LogP contribution >= 0.6 is 11.6 Å². The van der Waals surface area contributed by atoms with E-state index < -0.39 is 0 Å². The van der Waals surface area contributed by atoms with Gasteiger partial charge in [-0.2, -0.15) is 0 Å². The van der Waals surface area contributed by atoms with Crippen LogP contribution in [0.1, 0.15) is 54.2 Å². The Balaban J connectivity index is 1.63. The van der Waals surface area contributed by atoms with Crippen LogP contribution in [0.5, 0.6) is 0 Å². The van der Waals surface area contributed by atoms with Gasteiger partial charge in [-0.15, -0.1) is 11.6 Å². The third-order valence-electron chi connectivity index (χ3n) is 6.36. The monoisotopic (exact) mass is 288 g/mol. The Morgan fingerprint density at radius 1 is 0.950 bits per heavy atom. The van der Waals surface area contributed by atoms with Gasteiger partial charge in [0.1, 0.15) is 0 Å². The summed E-state index contributed by atoms with van der Waals surface area (Å²) >= 11 is 7.01. The van der Waals surface area contributed by atoms with Crippen LogP contribution in [0.25, 0.3) is 0 Å².